The summed E-state index contributed by atoms with van der Waals surface area (Å²) in [6, 6.07) is 21.8. The maximum absolute atomic E-state index is 3.93. The first-order chi connectivity index (χ1) is 12.7. The van der Waals surface area contributed by atoms with E-state index in [1.165, 1.54) is 30.4 Å². The predicted molar refractivity (Wildman–Crippen MR) is 116 cm³/mol. The highest BCUT2D eigenvalue weighted by molar-refractivity contribution is 5.21. The molecule has 2 aromatic rings. The van der Waals surface area contributed by atoms with Crippen LogP contribution in [0, 0.1) is 5.92 Å². The van der Waals surface area contributed by atoms with E-state index in [9.17, 15) is 0 Å². The van der Waals surface area contributed by atoms with E-state index in [0.29, 0.717) is 17.8 Å². The molecule has 0 heteroatoms. The average molecular weight is 347 g/mol. The number of allylic oxidation sites excluding steroid dienone is 3. The lowest BCUT2D eigenvalue weighted by Crippen LogP contribution is -2.01. The number of rotatable bonds is 11. The van der Waals surface area contributed by atoms with Crippen molar-refractivity contribution in [3.63, 3.8) is 0 Å². The van der Waals surface area contributed by atoms with Gasteiger partial charge in [-0.3, -0.25) is 0 Å². The molecule has 0 saturated carbocycles. The van der Waals surface area contributed by atoms with Crippen molar-refractivity contribution in [1.82, 2.24) is 0 Å². The Hall–Kier alpha value is -2.08. The minimum Gasteiger partial charge on any atom is -0.103 e. The lowest BCUT2D eigenvalue weighted by atomic mass is 9.88. The second kappa shape index (κ2) is 11.5. The zero-order valence-corrected chi connectivity index (χ0v) is 16.5. The molecule has 0 aliphatic carbocycles. The van der Waals surface area contributed by atoms with Crippen LogP contribution in [0.25, 0.3) is 0 Å². The largest absolute Gasteiger partial charge is 0.103 e. The Morgan fingerprint density at radius 2 is 1.38 bits per heavy atom. The Balaban J connectivity index is 1.83. The van der Waals surface area contributed by atoms with E-state index < -0.39 is 0 Å². The first-order valence-corrected chi connectivity index (χ1v) is 10.1. The minimum atomic E-state index is 0.594. The van der Waals surface area contributed by atoms with Crippen molar-refractivity contribution < 1.29 is 0 Å². The van der Waals surface area contributed by atoms with Gasteiger partial charge in [-0.25, -0.2) is 0 Å². The van der Waals surface area contributed by atoms with Gasteiger partial charge in [0.05, 0.1) is 0 Å². The minimum absolute atomic E-state index is 0.594. The summed E-state index contributed by atoms with van der Waals surface area (Å²) in [6.45, 7) is 8.51. The molecule has 0 aliphatic heterocycles. The van der Waals surface area contributed by atoms with Crippen LogP contribution in [0.15, 0.2) is 85.5 Å². The molecule has 2 aromatic carbocycles. The van der Waals surface area contributed by atoms with Crippen molar-refractivity contribution in [2.45, 2.75) is 57.8 Å². The van der Waals surface area contributed by atoms with E-state index in [2.05, 4.69) is 99.3 Å². The summed E-state index contributed by atoms with van der Waals surface area (Å²) in [7, 11) is 0. The summed E-state index contributed by atoms with van der Waals surface area (Å²) in [6.07, 6.45) is 12.8. The second-order valence-electron chi connectivity index (χ2n) is 7.49. The molecule has 3 atom stereocenters. The lowest BCUT2D eigenvalue weighted by Gasteiger charge is -2.17. The number of hydrogen-bond acceptors (Lipinski definition) is 0. The Kier molecular flexibility index (Phi) is 8.96. The smallest absolute Gasteiger partial charge is 0.0127 e. The normalized spacial score (nSPS) is 14.8. The average Bonchev–Trinajstić information content (AvgIpc) is 2.70. The van der Waals surface area contributed by atoms with E-state index in [0.717, 1.165) is 12.8 Å². The highest BCUT2D eigenvalue weighted by Gasteiger charge is 2.11. The molecule has 0 saturated heterocycles. The Bertz CT molecular complexity index is 638. The fourth-order valence-corrected chi connectivity index (χ4v) is 3.40. The number of hydrogen-bond donors (Lipinski definition) is 0. The van der Waals surface area contributed by atoms with Gasteiger partial charge in [0, 0.05) is 0 Å². The third-order valence-corrected chi connectivity index (χ3v) is 5.37. The second-order valence-corrected chi connectivity index (χ2v) is 7.49. The van der Waals surface area contributed by atoms with Crippen LogP contribution >= 0.6 is 0 Å². The molecular formula is C26H34. The SMILES string of the molecule is C=CC(C)CCC(C/C=C/CCC(C)c1ccccc1)c1ccccc1. The standard InChI is InChI=1S/C26H34/c1-4-22(2)20-21-26(25-17-12-7-13-18-25)19-11-5-8-14-23(3)24-15-9-6-10-16-24/h4-7,9-13,15-18,22-23,26H,1,8,14,19-21H2,2-3H3/b11-5+. The van der Waals surface area contributed by atoms with Gasteiger partial charge in [0.2, 0.25) is 0 Å². The van der Waals surface area contributed by atoms with Crippen molar-refractivity contribution in [3.05, 3.63) is 96.6 Å². The molecule has 0 fully saturated rings. The van der Waals surface area contributed by atoms with Crippen LogP contribution in [0.5, 0.6) is 0 Å². The molecule has 0 radical (unpaired) electrons. The third kappa shape index (κ3) is 7.04. The van der Waals surface area contributed by atoms with Gasteiger partial charge in [0.15, 0.2) is 0 Å². The summed E-state index contributed by atoms with van der Waals surface area (Å²) in [5.41, 5.74) is 2.91. The summed E-state index contributed by atoms with van der Waals surface area (Å²) in [5.74, 6) is 1.83. The Morgan fingerprint density at radius 3 is 2.00 bits per heavy atom. The van der Waals surface area contributed by atoms with Gasteiger partial charge in [-0.05, 0) is 61.0 Å². The summed E-state index contributed by atoms with van der Waals surface area (Å²) >= 11 is 0. The van der Waals surface area contributed by atoms with Gasteiger partial charge in [-0.15, -0.1) is 6.58 Å². The van der Waals surface area contributed by atoms with E-state index >= 15 is 0 Å². The van der Waals surface area contributed by atoms with E-state index in [1.54, 1.807) is 0 Å². The van der Waals surface area contributed by atoms with Gasteiger partial charge < -0.3 is 0 Å². The number of benzene rings is 2. The molecule has 0 amide bonds. The summed E-state index contributed by atoms with van der Waals surface area (Å²) < 4.78 is 0. The Labute approximate surface area is 160 Å². The van der Waals surface area contributed by atoms with E-state index in [1.807, 2.05) is 0 Å². The first kappa shape index (κ1) is 20.2. The van der Waals surface area contributed by atoms with Gasteiger partial charge in [0.25, 0.3) is 0 Å². The maximum atomic E-state index is 3.93. The monoisotopic (exact) mass is 346 g/mol. The lowest BCUT2D eigenvalue weighted by molar-refractivity contribution is 0.533. The molecule has 0 aliphatic rings. The van der Waals surface area contributed by atoms with Crippen molar-refractivity contribution in [1.29, 1.82) is 0 Å². The molecule has 138 valence electrons. The fraction of sp³-hybridized carbons (Fsp3) is 0.385. The third-order valence-electron chi connectivity index (χ3n) is 5.37. The van der Waals surface area contributed by atoms with Gasteiger partial charge in [-0.1, -0.05) is 92.7 Å². The quantitative estimate of drug-likeness (QED) is 0.363. The van der Waals surface area contributed by atoms with Crippen LogP contribution in [0.3, 0.4) is 0 Å². The van der Waals surface area contributed by atoms with Crippen molar-refractivity contribution in [2.75, 3.05) is 0 Å². The molecule has 0 bridgehead atoms. The van der Waals surface area contributed by atoms with Crippen LogP contribution < -0.4 is 0 Å². The Morgan fingerprint density at radius 1 is 0.769 bits per heavy atom. The topological polar surface area (TPSA) is 0 Å². The molecule has 0 spiro atoms. The summed E-state index contributed by atoms with van der Waals surface area (Å²) in [5, 5.41) is 0. The van der Waals surface area contributed by atoms with Crippen LogP contribution in [0.4, 0.5) is 0 Å². The molecule has 3 unspecified atom stereocenters. The van der Waals surface area contributed by atoms with E-state index in [-0.39, 0.29) is 0 Å². The van der Waals surface area contributed by atoms with Gasteiger partial charge in [-0.2, -0.15) is 0 Å². The van der Waals surface area contributed by atoms with Gasteiger partial charge >= 0.3 is 0 Å². The van der Waals surface area contributed by atoms with E-state index in [4.69, 9.17) is 0 Å². The summed E-state index contributed by atoms with van der Waals surface area (Å²) in [4.78, 5) is 0. The molecule has 0 nitrogen and oxygen atoms in total. The molecular weight excluding hydrogens is 312 g/mol. The van der Waals surface area contributed by atoms with Gasteiger partial charge in [0.1, 0.15) is 0 Å². The molecule has 0 heterocycles. The van der Waals surface area contributed by atoms with Crippen LogP contribution in [-0.2, 0) is 0 Å². The van der Waals surface area contributed by atoms with Crippen LogP contribution in [-0.4, -0.2) is 0 Å². The van der Waals surface area contributed by atoms with Crippen molar-refractivity contribution in [3.8, 4) is 0 Å². The first-order valence-electron chi connectivity index (χ1n) is 10.1. The molecule has 26 heavy (non-hydrogen) atoms. The zero-order chi connectivity index (χ0) is 18.6. The molecule has 0 aromatic heterocycles. The van der Waals surface area contributed by atoms with Crippen LogP contribution in [0.1, 0.15) is 68.9 Å². The van der Waals surface area contributed by atoms with Crippen molar-refractivity contribution in [2.24, 2.45) is 5.92 Å². The fourth-order valence-electron chi connectivity index (χ4n) is 3.40. The maximum Gasteiger partial charge on any atom is -0.0127 e. The van der Waals surface area contributed by atoms with Crippen molar-refractivity contribution >= 4 is 0 Å². The van der Waals surface area contributed by atoms with Crippen LogP contribution in [0.2, 0.25) is 0 Å². The zero-order valence-electron chi connectivity index (χ0n) is 16.5. The molecule has 2 rings (SSSR count). The predicted octanol–water partition coefficient (Wildman–Crippen LogP) is 7.90. The highest BCUT2D eigenvalue weighted by Crippen LogP contribution is 2.28. The highest BCUT2D eigenvalue weighted by atomic mass is 14.2. The molecule has 0 N–H and O–H groups in total.